The summed E-state index contributed by atoms with van der Waals surface area (Å²) in [6.07, 6.45) is 4.22. The number of nitrogens with zero attached hydrogens (tertiary/aromatic N) is 1. The topological polar surface area (TPSA) is 49.4 Å². The molecule has 4 nitrogen and oxygen atoms in total. The van der Waals surface area contributed by atoms with Gasteiger partial charge in [0.05, 0.1) is 0 Å². The molecule has 1 N–H and O–H groups in total. The zero-order valence-corrected chi connectivity index (χ0v) is 13.4. The summed E-state index contributed by atoms with van der Waals surface area (Å²) in [5.41, 5.74) is 1.37. The quantitative estimate of drug-likeness (QED) is 0.671. The molecule has 0 radical (unpaired) electrons. The highest BCUT2D eigenvalue weighted by atomic mass is 16.2. The van der Waals surface area contributed by atoms with Crippen LogP contribution in [0.25, 0.3) is 0 Å². The number of unbranched alkanes of at least 4 members (excludes halogenated alkanes) is 1. The molecule has 1 aliphatic heterocycles. The summed E-state index contributed by atoms with van der Waals surface area (Å²) in [6.45, 7) is 4.81. The third-order valence-electron chi connectivity index (χ3n) is 4.84. The van der Waals surface area contributed by atoms with Gasteiger partial charge in [0.1, 0.15) is 5.41 Å². The van der Waals surface area contributed by atoms with Gasteiger partial charge in [0.2, 0.25) is 11.8 Å². The number of carbonyl (C=O) groups excluding carboxylic acids is 2. The molecule has 0 saturated heterocycles. The number of hydrogen-bond acceptors (Lipinski definition) is 2. The number of nitrogens with one attached hydrogen (secondary N) is 1. The molecule has 2 aliphatic rings. The Labute approximate surface area is 131 Å². The molecule has 3 rings (SSSR count). The van der Waals surface area contributed by atoms with Crippen molar-refractivity contribution in [2.24, 2.45) is 5.41 Å². The van der Waals surface area contributed by atoms with Gasteiger partial charge in [-0.2, -0.15) is 0 Å². The summed E-state index contributed by atoms with van der Waals surface area (Å²) in [6, 6.07) is 8.15. The molecular weight excluding hydrogens is 276 g/mol. The van der Waals surface area contributed by atoms with Gasteiger partial charge in [0.15, 0.2) is 0 Å². The summed E-state index contributed by atoms with van der Waals surface area (Å²) in [5, 5.41) is 2.94. The first-order chi connectivity index (χ1) is 10.6. The van der Waals surface area contributed by atoms with Crippen molar-refractivity contribution in [1.29, 1.82) is 0 Å². The van der Waals surface area contributed by atoms with E-state index in [9.17, 15) is 9.59 Å². The third kappa shape index (κ3) is 2.40. The van der Waals surface area contributed by atoms with Crippen molar-refractivity contribution in [2.45, 2.75) is 52.0 Å². The highest BCUT2D eigenvalue weighted by Crippen LogP contribution is 2.49. The number of amides is 2. The van der Waals surface area contributed by atoms with Crippen molar-refractivity contribution >= 4 is 17.5 Å². The van der Waals surface area contributed by atoms with Crippen LogP contribution in [0, 0.1) is 5.41 Å². The molecule has 4 heteroatoms. The van der Waals surface area contributed by atoms with Crippen LogP contribution in [0.4, 0.5) is 5.69 Å². The van der Waals surface area contributed by atoms with Crippen LogP contribution in [-0.2, 0) is 16.0 Å². The van der Waals surface area contributed by atoms with Crippen LogP contribution < -0.4 is 10.2 Å². The van der Waals surface area contributed by atoms with Crippen LogP contribution in [0.2, 0.25) is 0 Å². The van der Waals surface area contributed by atoms with Crippen LogP contribution in [0.5, 0.6) is 0 Å². The molecule has 0 aromatic heterocycles. The van der Waals surface area contributed by atoms with Crippen molar-refractivity contribution < 1.29 is 9.59 Å². The second kappa shape index (κ2) is 5.75. The highest BCUT2D eigenvalue weighted by Gasteiger charge is 2.59. The first-order valence-corrected chi connectivity index (χ1v) is 8.30. The fourth-order valence-electron chi connectivity index (χ4n) is 3.32. The van der Waals surface area contributed by atoms with Crippen LogP contribution in [0.3, 0.4) is 0 Å². The molecule has 1 heterocycles. The predicted octanol–water partition coefficient (Wildman–Crippen LogP) is 2.66. The Hall–Kier alpha value is -1.84. The summed E-state index contributed by atoms with van der Waals surface area (Å²) < 4.78 is 0. The lowest BCUT2D eigenvalue weighted by molar-refractivity contribution is -0.135. The molecule has 2 amide bonds. The Balaban J connectivity index is 1.78. The maximum atomic E-state index is 13.0. The normalized spacial score (nSPS) is 21.4. The Morgan fingerprint density at radius 3 is 2.73 bits per heavy atom. The van der Waals surface area contributed by atoms with Crippen molar-refractivity contribution in [3.63, 3.8) is 0 Å². The number of benzene rings is 1. The lowest BCUT2D eigenvalue weighted by atomic mass is 10.0. The van der Waals surface area contributed by atoms with E-state index in [0.717, 1.165) is 24.9 Å². The summed E-state index contributed by atoms with van der Waals surface area (Å²) in [4.78, 5) is 27.4. The number of hydrogen-bond donors (Lipinski definition) is 1. The summed E-state index contributed by atoms with van der Waals surface area (Å²) in [7, 11) is 0. The fourth-order valence-corrected chi connectivity index (χ4v) is 3.32. The van der Waals surface area contributed by atoms with Gasteiger partial charge in [-0.15, -0.1) is 0 Å². The largest absolute Gasteiger partial charge is 0.355 e. The Bertz CT molecular complexity index is 593. The van der Waals surface area contributed by atoms with E-state index >= 15 is 0 Å². The second-order valence-corrected chi connectivity index (χ2v) is 6.55. The van der Waals surface area contributed by atoms with E-state index in [1.54, 1.807) is 0 Å². The van der Waals surface area contributed by atoms with Gasteiger partial charge in [0.25, 0.3) is 0 Å². The van der Waals surface area contributed by atoms with Gasteiger partial charge in [0, 0.05) is 18.3 Å². The van der Waals surface area contributed by atoms with Crippen molar-refractivity contribution in [3.05, 3.63) is 29.8 Å². The van der Waals surface area contributed by atoms with Crippen LogP contribution in [0.1, 0.15) is 45.1 Å². The molecule has 0 bridgehead atoms. The number of carbonyl (C=O) groups is 2. The molecule has 1 aromatic carbocycles. The van der Waals surface area contributed by atoms with Crippen LogP contribution in [-0.4, -0.2) is 24.4 Å². The fraction of sp³-hybridized carbons (Fsp3) is 0.556. The van der Waals surface area contributed by atoms with Crippen LogP contribution >= 0.6 is 0 Å². The number of fused-ring (bicyclic) bond motifs is 1. The number of anilines is 1. The summed E-state index contributed by atoms with van der Waals surface area (Å²) in [5.74, 6) is -0.0959. The molecular formula is C18H24N2O2. The zero-order valence-electron chi connectivity index (χ0n) is 13.4. The Kier molecular flexibility index (Phi) is 3.94. The highest BCUT2D eigenvalue weighted by molar-refractivity contribution is 6.14. The molecule has 1 atom stereocenters. The predicted molar refractivity (Wildman–Crippen MR) is 86.7 cm³/mol. The van der Waals surface area contributed by atoms with E-state index in [1.165, 1.54) is 5.56 Å². The molecule has 1 aromatic rings. The molecule has 118 valence electrons. The molecule has 1 aliphatic carbocycles. The molecule has 1 saturated carbocycles. The van der Waals surface area contributed by atoms with E-state index in [-0.39, 0.29) is 17.9 Å². The Morgan fingerprint density at radius 1 is 1.32 bits per heavy atom. The van der Waals surface area contributed by atoms with Gasteiger partial charge in [-0.3, -0.25) is 9.59 Å². The minimum Gasteiger partial charge on any atom is -0.355 e. The smallest absolute Gasteiger partial charge is 0.242 e. The maximum absolute atomic E-state index is 13.0. The van der Waals surface area contributed by atoms with Gasteiger partial charge < -0.3 is 10.2 Å². The first kappa shape index (κ1) is 15.1. The van der Waals surface area contributed by atoms with Gasteiger partial charge >= 0.3 is 0 Å². The standard InChI is InChI=1S/C18H24N2O2/c1-3-4-11-19-16(21)18(9-10-18)17(22)20-13(2)12-14-7-5-6-8-15(14)20/h5-8,13H,3-4,9-12H2,1-2H3,(H,19,21). The van der Waals surface area contributed by atoms with Crippen molar-refractivity contribution in [3.8, 4) is 0 Å². The van der Waals surface area contributed by atoms with Gasteiger partial charge in [-0.1, -0.05) is 31.5 Å². The lowest BCUT2D eigenvalue weighted by Gasteiger charge is -2.27. The Morgan fingerprint density at radius 2 is 2.05 bits per heavy atom. The van der Waals surface area contributed by atoms with E-state index in [4.69, 9.17) is 0 Å². The maximum Gasteiger partial charge on any atom is 0.242 e. The van der Waals surface area contributed by atoms with E-state index in [0.29, 0.717) is 19.4 Å². The van der Waals surface area contributed by atoms with E-state index in [1.807, 2.05) is 23.1 Å². The van der Waals surface area contributed by atoms with Gasteiger partial charge in [-0.05, 0) is 44.2 Å². The summed E-state index contributed by atoms with van der Waals surface area (Å²) >= 11 is 0. The van der Waals surface area contributed by atoms with E-state index in [2.05, 4.69) is 25.2 Å². The van der Waals surface area contributed by atoms with Crippen molar-refractivity contribution in [2.75, 3.05) is 11.4 Å². The van der Waals surface area contributed by atoms with Gasteiger partial charge in [-0.25, -0.2) is 0 Å². The van der Waals surface area contributed by atoms with E-state index < -0.39 is 5.41 Å². The molecule has 1 unspecified atom stereocenters. The van der Waals surface area contributed by atoms with Crippen LogP contribution in [0.15, 0.2) is 24.3 Å². The minimum atomic E-state index is -0.806. The number of para-hydroxylation sites is 1. The third-order valence-corrected chi connectivity index (χ3v) is 4.84. The monoisotopic (exact) mass is 300 g/mol. The zero-order chi connectivity index (χ0) is 15.7. The number of rotatable bonds is 5. The lowest BCUT2D eigenvalue weighted by Crippen LogP contribution is -2.47. The molecule has 22 heavy (non-hydrogen) atoms. The average Bonchev–Trinajstić information content (AvgIpc) is 3.25. The SMILES string of the molecule is CCCCNC(=O)C1(C(=O)N2c3ccccc3CC2C)CC1. The second-order valence-electron chi connectivity index (χ2n) is 6.55. The first-order valence-electron chi connectivity index (χ1n) is 8.30. The van der Waals surface area contributed by atoms with Crippen molar-refractivity contribution in [1.82, 2.24) is 5.32 Å². The average molecular weight is 300 g/mol. The molecule has 1 fully saturated rings. The minimum absolute atomic E-state index is 0.0149. The molecule has 0 spiro atoms.